The third kappa shape index (κ3) is 6.18. The molecule has 0 spiro atoms. The highest BCUT2D eigenvalue weighted by molar-refractivity contribution is 7.92. The molecule has 10 heteroatoms. The molecule has 1 rings (SSSR count). The lowest BCUT2D eigenvalue weighted by Crippen LogP contribution is -2.57. The van der Waals surface area contributed by atoms with Gasteiger partial charge in [0.2, 0.25) is 5.91 Å². The first-order valence-corrected chi connectivity index (χ1v) is 8.46. The normalized spacial score (nSPS) is 19.2. The maximum absolute atomic E-state index is 13.0. The largest absolute Gasteiger partial charge is 0.405 e. The van der Waals surface area contributed by atoms with E-state index in [9.17, 15) is 26.4 Å². The van der Waals surface area contributed by atoms with E-state index >= 15 is 0 Å². The Labute approximate surface area is 122 Å². The summed E-state index contributed by atoms with van der Waals surface area (Å²) in [4.78, 5) is 12.7. The summed E-state index contributed by atoms with van der Waals surface area (Å²) in [6, 6.07) is -1.80. The minimum absolute atomic E-state index is 0.221. The lowest BCUT2D eigenvalue weighted by atomic mass is 10.2. The number of sulfone groups is 1. The molecule has 0 aliphatic carbocycles. The number of rotatable bonds is 6. The van der Waals surface area contributed by atoms with Gasteiger partial charge in [-0.2, -0.15) is 13.2 Å². The molecule has 0 bridgehead atoms. The van der Waals surface area contributed by atoms with Gasteiger partial charge in [-0.1, -0.05) is 6.92 Å². The van der Waals surface area contributed by atoms with Crippen LogP contribution in [0, 0.1) is 0 Å². The number of alkyl halides is 3. The molecular formula is C11H20F3N3O3S. The molecule has 1 aliphatic heterocycles. The topological polar surface area (TPSA) is 78.5 Å². The Kier molecular flexibility index (Phi) is 6.41. The molecule has 0 aromatic rings. The molecule has 0 aromatic heterocycles. The molecule has 1 fully saturated rings. The van der Waals surface area contributed by atoms with E-state index in [-0.39, 0.29) is 18.8 Å². The van der Waals surface area contributed by atoms with Crippen LogP contribution in [0.2, 0.25) is 0 Å². The Hall–Kier alpha value is -0.870. The molecule has 1 unspecified atom stereocenters. The number of hydrogen-bond donors (Lipinski definition) is 2. The molecule has 1 saturated heterocycles. The second kappa shape index (κ2) is 7.41. The Bertz CT molecular complexity index is 447. The van der Waals surface area contributed by atoms with E-state index in [1.807, 2.05) is 0 Å². The van der Waals surface area contributed by atoms with Gasteiger partial charge in [0.25, 0.3) is 0 Å². The van der Waals surface area contributed by atoms with Crippen LogP contribution in [0.25, 0.3) is 0 Å². The van der Waals surface area contributed by atoms with Gasteiger partial charge in [0, 0.05) is 38.5 Å². The SMILES string of the molecule is CCS(=O)(=O)CC(=O)NCC(N1CCNCC1)C(F)(F)F. The first kappa shape index (κ1) is 18.2. The first-order valence-electron chi connectivity index (χ1n) is 6.64. The summed E-state index contributed by atoms with van der Waals surface area (Å²) in [6.07, 6.45) is -4.48. The molecule has 0 saturated carbocycles. The molecular weight excluding hydrogens is 311 g/mol. The average Bonchev–Trinajstić information content (AvgIpc) is 2.38. The van der Waals surface area contributed by atoms with Crippen molar-refractivity contribution in [3.05, 3.63) is 0 Å². The molecule has 21 heavy (non-hydrogen) atoms. The van der Waals surface area contributed by atoms with Gasteiger partial charge in [-0.25, -0.2) is 8.42 Å². The van der Waals surface area contributed by atoms with E-state index in [4.69, 9.17) is 0 Å². The highest BCUT2D eigenvalue weighted by Crippen LogP contribution is 2.24. The third-order valence-electron chi connectivity index (χ3n) is 3.25. The standard InChI is InChI=1S/C11H20F3N3O3S/c1-2-21(19,20)8-10(18)16-7-9(11(12,13)14)17-5-3-15-4-6-17/h9,15H,2-8H2,1H3,(H,16,18). The molecule has 2 N–H and O–H groups in total. The van der Waals surface area contributed by atoms with Crippen LogP contribution in [-0.2, 0) is 14.6 Å². The van der Waals surface area contributed by atoms with Crippen molar-refractivity contribution < 1.29 is 26.4 Å². The van der Waals surface area contributed by atoms with Gasteiger partial charge in [0.1, 0.15) is 11.8 Å². The molecule has 6 nitrogen and oxygen atoms in total. The summed E-state index contributed by atoms with van der Waals surface area (Å²) in [5.41, 5.74) is 0. The van der Waals surface area contributed by atoms with Crippen molar-refractivity contribution in [1.29, 1.82) is 0 Å². The number of hydrogen-bond acceptors (Lipinski definition) is 5. The summed E-state index contributed by atoms with van der Waals surface area (Å²) in [5.74, 6) is -1.91. The van der Waals surface area contributed by atoms with Crippen molar-refractivity contribution >= 4 is 15.7 Å². The number of carbonyl (C=O) groups excluding carboxylic acids is 1. The summed E-state index contributed by atoms with van der Waals surface area (Å²) in [5, 5.41) is 5.03. The molecule has 0 radical (unpaired) electrons. The van der Waals surface area contributed by atoms with Crippen molar-refractivity contribution in [2.75, 3.05) is 44.2 Å². The van der Waals surface area contributed by atoms with Gasteiger partial charge < -0.3 is 10.6 Å². The number of nitrogens with one attached hydrogen (secondary N) is 2. The third-order valence-corrected chi connectivity index (χ3v) is 4.84. The fourth-order valence-electron chi connectivity index (χ4n) is 2.01. The Morgan fingerprint density at radius 2 is 1.90 bits per heavy atom. The summed E-state index contributed by atoms with van der Waals surface area (Å²) >= 11 is 0. The van der Waals surface area contributed by atoms with Gasteiger partial charge in [-0.15, -0.1) is 0 Å². The van der Waals surface area contributed by atoms with Gasteiger partial charge in [-0.05, 0) is 0 Å². The predicted molar refractivity (Wildman–Crippen MR) is 71.6 cm³/mol. The second-order valence-corrected chi connectivity index (χ2v) is 7.18. The van der Waals surface area contributed by atoms with Gasteiger partial charge in [0.15, 0.2) is 9.84 Å². The van der Waals surface area contributed by atoms with Gasteiger partial charge >= 0.3 is 6.18 Å². The number of halogens is 3. The van der Waals surface area contributed by atoms with E-state index < -0.39 is 40.3 Å². The maximum atomic E-state index is 13.0. The minimum Gasteiger partial charge on any atom is -0.353 e. The van der Waals surface area contributed by atoms with Crippen LogP contribution in [0.3, 0.4) is 0 Å². The zero-order chi connectivity index (χ0) is 16.1. The van der Waals surface area contributed by atoms with E-state index in [0.29, 0.717) is 13.1 Å². The molecule has 1 atom stereocenters. The van der Waals surface area contributed by atoms with Gasteiger partial charge in [0.05, 0.1) is 0 Å². The fourth-order valence-corrected chi connectivity index (χ4v) is 2.71. The van der Waals surface area contributed by atoms with Crippen molar-refractivity contribution in [2.45, 2.75) is 19.1 Å². The quantitative estimate of drug-likeness (QED) is 0.678. The zero-order valence-electron chi connectivity index (χ0n) is 11.7. The zero-order valence-corrected chi connectivity index (χ0v) is 12.6. The second-order valence-electron chi connectivity index (χ2n) is 4.82. The smallest absolute Gasteiger partial charge is 0.353 e. The molecule has 1 heterocycles. The minimum atomic E-state index is -4.48. The van der Waals surface area contributed by atoms with Crippen molar-refractivity contribution in [2.24, 2.45) is 0 Å². The number of nitrogens with zero attached hydrogens (tertiary/aromatic N) is 1. The number of amides is 1. The average molecular weight is 331 g/mol. The van der Waals surface area contributed by atoms with Crippen molar-refractivity contribution in [3.63, 3.8) is 0 Å². The molecule has 0 aromatic carbocycles. The summed E-state index contributed by atoms with van der Waals surface area (Å²) in [6.45, 7) is 2.10. The summed E-state index contributed by atoms with van der Waals surface area (Å²) < 4.78 is 61.6. The van der Waals surface area contributed by atoms with Crippen LogP contribution >= 0.6 is 0 Å². The number of piperazine rings is 1. The van der Waals surface area contributed by atoms with E-state index in [1.165, 1.54) is 11.8 Å². The van der Waals surface area contributed by atoms with Crippen LogP contribution in [0.5, 0.6) is 0 Å². The maximum Gasteiger partial charge on any atom is 0.405 e. The molecule has 1 amide bonds. The predicted octanol–water partition coefficient (Wildman–Crippen LogP) is -0.627. The van der Waals surface area contributed by atoms with Crippen LogP contribution < -0.4 is 10.6 Å². The highest BCUT2D eigenvalue weighted by atomic mass is 32.2. The van der Waals surface area contributed by atoms with Crippen LogP contribution in [0.4, 0.5) is 13.2 Å². The van der Waals surface area contributed by atoms with Crippen LogP contribution in [-0.4, -0.2) is 75.7 Å². The lowest BCUT2D eigenvalue weighted by Gasteiger charge is -2.35. The monoisotopic (exact) mass is 331 g/mol. The van der Waals surface area contributed by atoms with Crippen LogP contribution in [0.1, 0.15) is 6.92 Å². The van der Waals surface area contributed by atoms with Gasteiger partial charge in [-0.3, -0.25) is 9.69 Å². The van der Waals surface area contributed by atoms with E-state index in [2.05, 4.69) is 10.6 Å². The highest BCUT2D eigenvalue weighted by Gasteiger charge is 2.43. The number of carbonyl (C=O) groups is 1. The molecule has 1 aliphatic rings. The van der Waals surface area contributed by atoms with Crippen molar-refractivity contribution in [3.8, 4) is 0 Å². The Morgan fingerprint density at radius 1 is 1.33 bits per heavy atom. The molecule has 124 valence electrons. The van der Waals surface area contributed by atoms with E-state index in [1.54, 1.807) is 0 Å². The van der Waals surface area contributed by atoms with E-state index in [0.717, 1.165) is 0 Å². The van der Waals surface area contributed by atoms with Crippen LogP contribution in [0.15, 0.2) is 0 Å². The van der Waals surface area contributed by atoms with Crippen molar-refractivity contribution in [1.82, 2.24) is 15.5 Å². The lowest BCUT2D eigenvalue weighted by molar-refractivity contribution is -0.183. The fraction of sp³-hybridized carbons (Fsp3) is 0.909. The summed E-state index contributed by atoms with van der Waals surface area (Å²) in [7, 11) is -3.54. The first-order chi connectivity index (χ1) is 9.65. The Morgan fingerprint density at radius 3 is 2.38 bits per heavy atom. The Balaban J connectivity index is 2.59.